The predicted molar refractivity (Wildman–Crippen MR) is 150 cm³/mol. The van der Waals surface area contributed by atoms with Gasteiger partial charge in [-0.05, 0) is 74.0 Å². The number of amides is 2. The van der Waals surface area contributed by atoms with Crippen molar-refractivity contribution in [3.8, 4) is 11.5 Å². The average Bonchev–Trinajstić information content (AvgIpc) is 3.23. The van der Waals surface area contributed by atoms with E-state index in [1.54, 1.807) is 49.5 Å². The molecule has 7 nitrogen and oxygen atoms in total. The molecule has 0 saturated heterocycles. The third-order valence-corrected chi connectivity index (χ3v) is 6.65. The molecule has 0 atom stereocenters. The molecule has 3 aromatic carbocycles. The van der Waals surface area contributed by atoms with Gasteiger partial charge in [-0.1, -0.05) is 42.1 Å². The molecule has 1 aliphatic heterocycles. The Kier molecular flexibility index (Phi) is 8.30. The van der Waals surface area contributed by atoms with Gasteiger partial charge in [0.2, 0.25) is 5.91 Å². The van der Waals surface area contributed by atoms with E-state index in [0.717, 1.165) is 17.0 Å². The van der Waals surface area contributed by atoms with Gasteiger partial charge in [-0.3, -0.25) is 14.5 Å². The summed E-state index contributed by atoms with van der Waals surface area (Å²) in [6.45, 7) is 3.96. The van der Waals surface area contributed by atoms with Crippen molar-refractivity contribution in [1.82, 2.24) is 0 Å². The maximum atomic E-state index is 13.5. The maximum absolute atomic E-state index is 13.5. The molecule has 190 valence electrons. The maximum Gasteiger partial charge on any atom is 0.283 e. The normalized spacial score (nSPS) is 14.2. The minimum atomic E-state index is -0.264. The summed E-state index contributed by atoms with van der Waals surface area (Å²) in [4.78, 5) is 34.7. The summed E-state index contributed by atoms with van der Waals surface area (Å²) in [7, 11) is 3.20. The van der Waals surface area contributed by atoms with E-state index in [4.69, 9.17) is 9.47 Å². The fourth-order valence-corrected chi connectivity index (χ4v) is 4.80. The molecule has 4 rings (SSSR count). The zero-order valence-electron chi connectivity index (χ0n) is 21.3. The second-order valence-corrected chi connectivity index (χ2v) is 9.46. The zero-order chi connectivity index (χ0) is 26.4. The first kappa shape index (κ1) is 26.0. The van der Waals surface area contributed by atoms with Crippen molar-refractivity contribution in [2.24, 2.45) is 4.99 Å². The van der Waals surface area contributed by atoms with Crippen LogP contribution in [0.5, 0.6) is 11.5 Å². The smallest absolute Gasteiger partial charge is 0.283 e. The number of thioether (sulfide) groups is 1. The van der Waals surface area contributed by atoms with Crippen molar-refractivity contribution >= 4 is 46.2 Å². The highest BCUT2D eigenvalue weighted by Gasteiger charge is 2.33. The number of carbonyl (C=O) groups excluding carboxylic acids is 2. The standard InChI is InChI=1S/C29H29N3O4S/c1-20(2)31(22-8-6-5-7-9-22)27(33)19-37-29-30-26(18-21-10-14-24(35-3)15-11-21)28(34)32(29)23-12-16-25(36-4)17-13-23/h5-18,20H,19H2,1-4H3/b26-18+. The van der Waals surface area contributed by atoms with Gasteiger partial charge in [-0.25, -0.2) is 4.99 Å². The Labute approximate surface area is 221 Å². The van der Waals surface area contributed by atoms with Crippen molar-refractivity contribution in [3.63, 3.8) is 0 Å². The molecule has 0 radical (unpaired) electrons. The summed E-state index contributed by atoms with van der Waals surface area (Å²) in [6, 6.07) is 24.1. The Morgan fingerprint density at radius 2 is 1.54 bits per heavy atom. The molecule has 8 heteroatoms. The lowest BCUT2D eigenvalue weighted by Gasteiger charge is -2.27. The molecule has 0 bridgehead atoms. The SMILES string of the molecule is COc1ccc(/C=C2/N=C(SCC(=O)N(c3ccccc3)C(C)C)N(c3ccc(OC)cc3)C2=O)cc1. The number of hydrogen-bond acceptors (Lipinski definition) is 6. The van der Waals surface area contributed by atoms with Gasteiger partial charge in [0.25, 0.3) is 5.91 Å². The Morgan fingerprint density at radius 3 is 2.11 bits per heavy atom. The van der Waals surface area contributed by atoms with Gasteiger partial charge in [-0.15, -0.1) is 0 Å². The van der Waals surface area contributed by atoms with Crippen LogP contribution in [0.1, 0.15) is 19.4 Å². The van der Waals surface area contributed by atoms with E-state index in [-0.39, 0.29) is 23.6 Å². The molecule has 1 heterocycles. The molecule has 0 fully saturated rings. The molecule has 2 amide bonds. The summed E-state index contributed by atoms with van der Waals surface area (Å²) in [5.74, 6) is 1.21. The van der Waals surface area contributed by atoms with Crippen LogP contribution in [0.25, 0.3) is 6.08 Å². The van der Waals surface area contributed by atoms with Crippen LogP contribution in [0.3, 0.4) is 0 Å². The number of hydrogen-bond donors (Lipinski definition) is 0. The third-order valence-electron chi connectivity index (χ3n) is 5.72. The molecule has 37 heavy (non-hydrogen) atoms. The van der Waals surface area contributed by atoms with Crippen molar-refractivity contribution in [2.45, 2.75) is 19.9 Å². The van der Waals surface area contributed by atoms with Crippen molar-refractivity contribution < 1.29 is 19.1 Å². The Balaban J connectivity index is 1.62. The highest BCUT2D eigenvalue weighted by Crippen LogP contribution is 2.31. The lowest BCUT2D eigenvalue weighted by atomic mass is 10.2. The largest absolute Gasteiger partial charge is 0.497 e. The van der Waals surface area contributed by atoms with Gasteiger partial charge in [0, 0.05) is 11.7 Å². The van der Waals surface area contributed by atoms with Crippen LogP contribution in [0, 0.1) is 0 Å². The highest BCUT2D eigenvalue weighted by molar-refractivity contribution is 8.14. The monoisotopic (exact) mass is 515 g/mol. The first-order chi connectivity index (χ1) is 17.9. The van der Waals surface area contributed by atoms with Crippen LogP contribution < -0.4 is 19.3 Å². The molecule has 1 aliphatic rings. The van der Waals surface area contributed by atoms with Gasteiger partial charge in [0.05, 0.1) is 25.7 Å². The van der Waals surface area contributed by atoms with Crippen LogP contribution in [-0.2, 0) is 9.59 Å². The molecule has 0 aliphatic carbocycles. The number of amidine groups is 1. The van der Waals surface area contributed by atoms with E-state index >= 15 is 0 Å². The molecule has 0 aromatic heterocycles. The lowest BCUT2D eigenvalue weighted by molar-refractivity contribution is -0.116. The summed E-state index contributed by atoms with van der Waals surface area (Å²) in [6.07, 6.45) is 1.73. The summed E-state index contributed by atoms with van der Waals surface area (Å²) < 4.78 is 10.5. The number of nitrogens with zero attached hydrogens (tertiary/aromatic N) is 3. The van der Waals surface area contributed by atoms with Gasteiger partial charge < -0.3 is 14.4 Å². The van der Waals surface area contributed by atoms with E-state index in [1.165, 1.54) is 16.7 Å². The van der Waals surface area contributed by atoms with Gasteiger partial charge in [0.1, 0.15) is 17.2 Å². The topological polar surface area (TPSA) is 71.4 Å². The van der Waals surface area contributed by atoms with E-state index in [0.29, 0.717) is 22.3 Å². The third kappa shape index (κ3) is 6.03. The van der Waals surface area contributed by atoms with Gasteiger partial charge in [0.15, 0.2) is 5.17 Å². The summed E-state index contributed by atoms with van der Waals surface area (Å²) >= 11 is 1.24. The number of ether oxygens (including phenoxy) is 2. The number of rotatable bonds is 8. The number of methoxy groups -OCH3 is 2. The molecular weight excluding hydrogens is 486 g/mol. The average molecular weight is 516 g/mol. The molecule has 3 aromatic rings. The number of aliphatic imine (C=N–C) groups is 1. The number of carbonyl (C=O) groups is 2. The van der Waals surface area contributed by atoms with Crippen LogP contribution >= 0.6 is 11.8 Å². The second kappa shape index (κ2) is 11.8. The first-order valence-corrected chi connectivity index (χ1v) is 12.8. The Hall–Kier alpha value is -4.04. The van der Waals surface area contributed by atoms with Crippen molar-refractivity contribution in [3.05, 3.63) is 90.1 Å². The molecule has 0 spiro atoms. The summed E-state index contributed by atoms with van der Waals surface area (Å²) in [5.41, 5.74) is 2.59. The van der Waals surface area contributed by atoms with Crippen molar-refractivity contribution in [1.29, 1.82) is 0 Å². The van der Waals surface area contributed by atoms with Crippen LogP contribution in [0.2, 0.25) is 0 Å². The Bertz CT molecular complexity index is 1300. The lowest BCUT2D eigenvalue weighted by Crippen LogP contribution is -2.39. The van der Waals surface area contributed by atoms with Crippen LogP contribution in [0.15, 0.2) is 89.6 Å². The van der Waals surface area contributed by atoms with Crippen LogP contribution in [-0.4, -0.2) is 43.0 Å². The van der Waals surface area contributed by atoms with E-state index in [9.17, 15) is 9.59 Å². The fourth-order valence-electron chi connectivity index (χ4n) is 3.92. The summed E-state index contributed by atoms with van der Waals surface area (Å²) in [5, 5.41) is 0.444. The molecular formula is C29H29N3O4S. The Morgan fingerprint density at radius 1 is 0.946 bits per heavy atom. The predicted octanol–water partition coefficient (Wildman–Crippen LogP) is 5.62. The zero-order valence-corrected chi connectivity index (χ0v) is 22.1. The molecule has 0 N–H and O–H groups in total. The minimum absolute atomic E-state index is 0.0223. The first-order valence-electron chi connectivity index (χ1n) is 11.8. The quantitative estimate of drug-likeness (QED) is 0.364. The number of benzene rings is 3. The number of anilines is 2. The second-order valence-electron chi connectivity index (χ2n) is 8.52. The van der Waals surface area contributed by atoms with Gasteiger partial charge >= 0.3 is 0 Å². The molecule has 0 saturated carbocycles. The molecule has 0 unspecified atom stereocenters. The number of para-hydroxylation sites is 1. The van der Waals surface area contributed by atoms with E-state index < -0.39 is 0 Å². The fraction of sp³-hybridized carbons (Fsp3) is 0.207. The minimum Gasteiger partial charge on any atom is -0.497 e. The van der Waals surface area contributed by atoms with E-state index in [1.807, 2.05) is 68.4 Å². The van der Waals surface area contributed by atoms with Gasteiger partial charge in [-0.2, -0.15) is 0 Å². The van der Waals surface area contributed by atoms with Crippen molar-refractivity contribution in [2.75, 3.05) is 29.8 Å². The van der Waals surface area contributed by atoms with Crippen LogP contribution in [0.4, 0.5) is 11.4 Å². The van der Waals surface area contributed by atoms with E-state index in [2.05, 4.69) is 4.99 Å². The highest BCUT2D eigenvalue weighted by atomic mass is 32.2.